The lowest BCUT2D eigenvalue weighted by molar-refractivity contribution is 0.875. The van der Waals surface area contributed by atoms with E-state index in [2.05, 4.69) is 34.2 Å². The summed E-state index contributed by atoms with van der Waals surface area (Å²) in [4.78, 5) is 9.53. The fourth-order valence-corrected chi connectivity index (χ4v) is 2.59. The molecule has 0 aliphatic carbocycles. The largest absolute Gasteiger partial charge is 0.358 e. The summed E-state index contributed by atoms with van der Waals surface area (Å²) in [5.74, 6) is 0. The van der Waals surface area contributed by atoms with E-state index in [1.165, 1.54) is 0 Å². The Balaban J connectivity index is 1.96. The first-order valence-corrected chi connectivity index (χ1v) is 6.57. The van der Waals surface area contributed by atoms with Crippen LogP contribution in [-0.4, -0.2) is 25.6 Å². The average molecular weight is 259 g/mol. The molecule has 0 bridgehead atoms. The zero-order valence-electron chi connectivity index (χ0n) is 10.2. The van der Waals surface area contributed by atoms with E-state index in [9.17, 15) is 0 Å². The quantitative estimate of drug-likeness (QED) is 0.785. The molecule has 0 saturated carbocycles. The molecule has 3 aromatic rings. The van der Waals surface area contributed by atoms with Crippen molar-refractivity contribution in [2.45, 2.75) is 19.9 Å². The van der Waals surface area contributed by atoms with Crippen LogP contribution in [0.3, 0.4) is 0 Å². The van der Waals surface area contributed by atoms with Crippen LogP contribution in [0.4, 0.5) is 5.13 Å². The summed E-state index contributed by atoms with van der Waals surface area (Å²) >= 11 is 1.55. The number of rotatable bonds is 3. The minimum absolute atomic E-state index is 0.374. The summed E-state index contributed by atoms with van der Waals surface area (Å²) in [6, 6.07) is 4.27. The number of hydrogen-bond donors (Lipinski definition) is 1. The van der Waals surface area contributed by atoms with Gasteiger partial charge in [-0.1, -0.05) is 11.3 Å². The van der Waals surface area contributed by atoms with Crippen molar-refractivity contribution < 1.29 is 0 Å². The number of aromatic nitrogens is 4. The summed E-state index contributed by atoms with van der Waals surface area (Å²) < 4.78 is 1.80. The molecule has 92 valence electrons. The van der Waals surface area contributed by atoms with E-state index in [1.807, 2.05) is 18.3 Å². The molecule has 0 radical (unpaired) electrons. The van der Waals surface area contributed by atoms with Crippen LogP contribution in [0.1, 0.15) is 13.8 Å². The number of pyridine rings is 1. The van der Waals surface area contributed by atoms with Gasteiger partial charge in [0.05, 0.1) is 11.9 Å². The van der Waals surface area contributed by atoms with Gasteiger partial charge in [0.1, 0.15) is 0 Å². The molecule has 0 aliphatic rings. The highest BCUT2D eigenvalue weighted by Gasteiger charge is 2.09. The predicted octanol–water partition coefficient (Wildman–Crippen LogP) is 2.67. The van der Waals surface area contributed by atoms with Gasteiger partial charge in [-0.05, 0) is 26.0 Å². The smallest absolute Gasteiger partial charge is 0.214 e. The summed E-state index contributed by atoms with van der Waals surface area (Å²) in [6.45, 7) is 4.18. The molecule has 0 atom stereocenters. The molecule has 0 unspecified atom stereocenters. The lowest BCUT2D eigenvalue weighted by Gasteiger charge is -2.03. The molecule has 0 fully saturated rings. The van der Waals surface area contributed by atoms with Crippen molar-refractivity contribution in [2.24, 2.45) is 0 Å². The zero-order chi connectivity index (χ0) is 12.5. The molecule has 0 spiro atoms. The van der Waals surface area contributed by atoms with E-state index in [1.54, 1.807) is 28.2 Å². The number of nitrogens with one attached hydrogen (secondary N) is 1. The number of hydrogen-bond acceptors (Lipinski definition) is 5. The van der Waals surface area contributed by atoms with Gasteiger partial charge in [-0.2, -0.15) is 0 Å². The molecule has 1 N–H and O–H groups in total. The van der Waals surface area contributed by atoms with Crippen molar-refractivity contribution >= 4 is 21.4 Å². The summed E-state index contributed by atoms with van der Waals surface area (Å²) in [7, 11) is 0. The second-order valence-electron chi connectivity index (χ2n) is 4.30. The van der Waals surface area contributed by atoms with E-state index < -0.39 is 0 Å². The first kappa shape index (κ1) is 11.2. The standard InChI is InChI=1S/C12H13N5S/c1-8(2)14-11-16-17-7-10(15-12(17)18-11)9-4-3-5-13-6-9/h3-8H,1-2H3,(H,14,16). The maximum absolute atomic E-state index is 4.55. The number of fused-ring (bicyclic) bond motifs is 1. The molecule has 3 rings (SSSR count). The summed E-state index contributed by atoms with van der Waals surface area (Å²) in [5, 5.41) is 8.61. The van der Waals surface area contributed by atoms with E-state index in [4.69, 9.17) is 0 Å². The van der Waals surface area contributed by atoms with Gasteiger partial charge in [0.25, 0.3) is 0 Å². The number of nitrogens with zero attached hydrogens (tertiary/aromatic N) is 4. The highest BCUT2D eigenvalue weighted by atomic mass is 32.1. The average Bonchev–Trinajstić information content (AvgIpc) is 2.87. The first-order chi connectivity index (χ1) is 8.72. The van der Waals surface area contributed by atoms with Crippen molar-refractivity contribution in [3.05, 3.63) is 30.7 Å². The monoisotopic (exact) mass is 259 g/mol. The van der Waals surface area contributed by atoms with E-state index in [0.717, 1.165) is 21.3 Å². The molecular formula is C12H13N5S. The third-order valence-corrected chi connectivity index (χ3v) is 3.27. The van der Waals surface area contributed by atoms with E-state index in [0.29, 0.717) is 6.04 Å². The fourth-order valence-electron chi connectivity index (χ4n) is 1.66. The molecule has 3 heterocycles. The molecule has 0 aromatic carbocycles. The Kier molecular flexibility index (Phi) is 2.71. The van der Waals surface area contributed by atoms with Gasteiger partial charge in [0.2, 0.25) is 10.1 Å². The molecule has 0 aliphatic heterocycles. The second-order valence-corrected chi connectivity index (χ2v) is 5.26. The Bertz CT molecular complexity index is 624. The van der Waals surface area contributed by atoms with Gasteiger partial charge < -0.3 is 5.32 Å². The van der Waals surface area contributed by atoms with Crippen LogP contribution in [-0.2, 0) is 0 Å². The van der Waals surface area contributed by atoms with E-state index >= 15 is 0 Å². The molecule has 0 amide bonds. The Labute approximate surface area is 109 Å². The third-order valence-electron chi connectivity index (χ3n) is 2.41. The van der Waals surface area contributed by atoms with Crippen LogP contribution in [0.2, 0.25) is 0 Å². The van der Waals surface area contributed by atoms with Gasteiger partial charge in [-0.15, -0.1) is 5.10 Å². The first-order valence-electron chi connectivity index (χ1n) is 5.75. The minimum Gasteiger partial charge on any atom is -0.358 e. The molecule has 3 aromatic heterocycles. The van der Waals surface area contributed by atoms with Crippen molar-refractivity contribution in [1.29, 1.82) is 0 Å². The number of imidazole rings is 1. The van der Waals surface area contributed by atoms with Gasteiger partial charge in [0, 0.05) is 24.0 Å². The highest BCUT2D eigenvalue weighted by Crippen LogP contribution is 2.24. The van der Waals surface area contributed by atoms with Crippen molar-refractivity contribution in [3.63, 3.8) is 0 Å². The Morgan fingerprint density at radius 2 is 2.28 bits per heavy atom. The molecule has 0 saturated heterocycles. The van der Waals surface area contributed by atoms with Crippen molar-refractivity contribution in [2.75, 3.05) is 5.32 Å². The minimum atomic E-state index is 0.374. The van der Waals surface area contributed by atoms with Gasteiger partial charge in [-0.3, -0.25) is 4.98 Å². The molecular weight excluding hydrogens is 246 g/mol. The highest BCUT2D eigenvalue weighted by molar-refractivity contribution is 7.20. The van der Waals surface area contributed by atoms with Crippen LogP contribution in [0.25, 0.3) is 16.2 Å². The van der Waals surface area contributed by atoms with Crippen LogP contribution in [0.15, 0.2) is 30.7 Å². The maximum Gasteiger partial charge on any atom is 0.214 e. The van der Waals surface area contributed by atoms with Gasteiger partial charge >= 0.3 is 0 Å². The van der Waals surface area contributed by atoms with Crippen molar-refractivity contribution in [3.8, 4) is 11.3 Å². The topological polar surface area (TPSA) is 55.1 Å². The predicted molar refractivity (Wildman–Crippen MR) is 72.9 cm³/mol. The van der Waals surface area contributed by atoms with Crippen LogP contribution >= 0.6 is 11.3 Å². The zero-order valence-corrected chi connectivity index (χ0v) is 11.0. The van der Waals surface area contributed by atoms with Crippen molar-refractivity contribution in [1.82, 2.24) is 19.6 Å². The normalized spacial score (nSPS) is 11.3. The second kappa shape index (κ2) is 4.38. The SMILES string of the molecule is CC(C)Nc1nn2cc(-c3cccnc3)nc2s1. The van der Waals surface area contributed by atoms with E-state index in [-0.39, 0.29) is 0 Å². The van der Waals surface area contributed by atoms with Crippen LogP contribution < -0.4 is 5.32 Å². The Hall–Kier alpha value is -1.95. The Morgan fingerprint density at radius 1 is 1.39 bits per heavy atom. The molecule has 18 heavy (non-hydrogen) atoms. The van der Waals surface area contributed by atoms with Gasteiger partial charge in [0.15, 0.2) is 0 Å². The lowest BCUT2D eigenvalue weighted by Crippen LogP contribution is -2.09. The third kappa shape index (κ3) is 2.06. The fraction of sp³-hybridized carbons (Fsp3) is 0.250. The summed E-state index contributed by atoms with van der Waals surface area (Å²) in [6.07, 6.45) is 5.49. The molecule has 5 nitrogen and oxygen atoms in total. The maximum atomic E-state index is 4.55. The molecule has 6 heteroatoms. The summed E-state index contributed by atoms with van der Waals surface area (Å²) in [5.41, 5.74) is 1.91. The van der Waals surface area contributed by atoms with Crippen LogP contribution in [0.5, 0.6) is 0 Å². The lowest BCUT2D eigenvalue weighted by atomic mass is 10.2. The van der Waals surface area contributed by atoms with Crippen LogP contribution in [0, 0.1) is 0 Å². The Morgan fingerprint density at radius 3 is 2.94 bits per heavy atom. The number of anilines is 1. The van der Waals surface area contributed by atoms with Gasteiger partial charge in [-0.25, -0.2) is 9.50 Å².